The number of alkyl halides is 6. The molecule has 7 nitrogen and oxygen atoms in total. The van der Waals surface area contributed by atoms with Gasteiger partial charge in [0.15, 0.2) is 0 Å². The normalized spacial score (nSPS) is 12.9. The van der Waals surface area contributed by atoms with Gasteiger partial charge in [-0.25, -0.2) is 5.32 Å². The summed E-state index contributed by atoms with van der Waals surface area (Å²) in [7, 11) is 0. The number of nitrogens with one attached hydrogen (secondary N) is 1. The van der Waals surface area contributed by atoms with E-state index in [0.717, 1.165) is 12.1 Å². The van der Waals surface area contributed by atoms with Crippen LogP contribution in [0.4, 0.5) is 26.3 Å². The second kappa shape index (κ2) is 9.52. The summed E-state index contributed by atoms with van der Waals surface area (Å²) >= 11 is 0. The minimum Gasteiger partial charge on any atom is -0.421 e. The van der Waals surface area contributed by atoms with Gasteiger partial charge >= 0.3 is 12.5 Å². The molecular weight excluding hydrogens is 468 g/mol. The zero-order chi connectivity index (χ0) is 25.1. The number of hydrogen-bond donors (Lipinski definition) is 2. The molecule has 0 spiro atoms. The van der Waals surface area contributed by atoms with E-state index in [2.05, 4.69) is 10.2 Å². The Morgan fingerprint density at radius 1 is 1.09 bits per heavy atom. The third kappa shape index (κ3) is 6.32. The molecule has 0 aliphatic heterocycles. The summed E-state index contributed by atoms with van der Waals surface area (Å²) in [6.45, 7) is 0. The summed E-state index contributed by atoms with van der Waals surface area (Å²) in [4.78, 5) is 11.0. The Morgan fingerprint density at radius 3 is 2.32 bits per heavy atom. The Morgan fingerprint density at radius 2 is 1.76 bits per heavy atom. The Balaban J connectivity index is 1.89. The van der Waals surface area contributed by atoms with Gasteiger partial charge in [-0.15, -0.1) is 10.2 Å². The molecule has 1 heterocycles. The zero-order valence-electron chi connectivity index (χ0n) is 17.0. The Hall–Kier alpha value is -3.92. The number of nitrogens with two attached hydrogens (primary N) is 1. The highest BCUT2D eigenvalue weighted by atomic mass is 19.4. The largest absolute Gasteiger partial charge is 0.457 e. The fourth-order valence-corrected chi connectivity index (χ4v) is 3.15. The van der Waals surface area contributed by atoms with Crippen LogP contribution in [0.5, 0.6) is 0 Å². The molecule has 13 heteroatoms. The van der Waals surface area contributed by atoms with Crippen molar-refractivity contribution in [1.29, 1.82) is 5.26 Å². The highest BCUT2D eigenvalue weighted by Crippen LogP contribution is 2.35. The lowest BCUT2D eigenvalue weighted by atomic mass is 9.97. The lowest BCUT2D eigenvalue weighted by Gasteiger charge is -2.21. The molecule has 3 N–H and O–H groups in total. The maximum absolute atomic E-state index is 13.3. The van der Waals surface area contributed by atoms with Gasteiger partial charge in [-0.05, 0) is 35.4 Å². The van der Waals surface area contributed by atoms with Gasteiger partial charge in [-0.1, -0.05) is 18.2 Å². The molecule has 3 aromatic rings. The van der Waals surface area contributed by atoms with Crippen molar-refractivity contribution in [3.63, 3.8) is 0 Å². The van der Waals surface area contributed by atoms with E-state index >= 15 is 0 Å². The molecule has 1 unspecified atom stereocenters. The summed E-state index contributed by atoms with van der Waals surface area (Å²) in [6.07, 6.45) is -10.5. The Labute approximate surface area is 188 Å². The van der Waals surface area contributed by atoms with Crippen molar-refractivity contribution in [3.05, 3.63) is 70.6 Å². The highest BCUT2D eigenvalue weighted by molar-refractivity contribution is 5.76. The first-order valence-electron chi connectivity index (χ1n) is 9.51. The van der Waals surface area contributed by atoms with E-state index < -0.39 is 42.0 Å². The smallest absolute Gasteiger partial charge is 0.421 e. The highest BCUT2D eigenvalue weighted by Gasteiger charge is 2.37. The molecule has 0 saturated carbocycles. The van der Waals surface area contributed by atoms with Gasteiger partial charge in [0, 0.05) is 18.0 Å². The molecular formula is C21H15F6N5O2. The molecule has 1 atom stereocenters. The van der Waals surface area contributed by atoms with E-state index in [9.17, 15) is 31.1 Å². The molecule has 1 amide bonds. The second-order valence-electron chi connectivity index (χ2n) is 7.15. The van der Waals surface area contributed by atoms with Crippen molar-refractivity contribution in [3.8, 4) is 17.5 Å². The molecule has 0 fully saturated rings. The minimum absolute atomic E-state index is 0.00462. The van der Waals surface area contributed by atoms with Crippen molar-refractivity contribution in [2.75, 3.05) is 0 Å². The van der Waals surface area contributed by atoms with Crippen LogP contribution in [0.1, 0.15) is 34.2 Å². The third-order valence-corrected chi connectivity index (χ3v) is 4.63. The van der Waals surface area contributed by atoms with E-state index in [1.165, 1.54) is 23.5 Å². The number of benzene rings is 2. The van der Waals surface area contributed by atoms with Crippen LogP contribution in [-0.2, 0) is 23.8 Å². The van der Waals surface area contributed by atoms with Crippen LogP contribution in [-0.4, -0.2) is 22.4 Å². The average molecular weight is 483 g/mol. The molecule has 0 aliphatic rings. The van der Waals surface area contributed by atoms with Crippen molar-refractivity contribution in [2.45, 2.75) is 31.4 Å². The van der Waals surface area contributed by atoms with Crippen molar-refractivity contribution in [2.24, 2.45) is 5.73 Å². The van der Waals surface area contributed by atoms with Crippen LogP contribution >= 0.6 is 0 Å². The average Bonchev–Trinajstić information content (AvgIpc) is 3.20. The lowest BCUT2D eigenvalue weighted by Crippen LogP contribution is -2.36. The van der Waals surface area contributed by atoms with E-state index in [4.69, 9.17) is 15.4 Å². The van der Waals surface area contributed by atoms with Gasteiger partial charge in [0.25, 0.3) is 0 Å². The summed E-state index contributed by atoms with van der Waals surface area (Å²) in [6, 6.07) is 8.17. The van der Waals surface area contributed by atoms with Gasteiger partial charge in [-0.3, -0.25) is 4.79 Å². The van der Waals surface area contributed by atoms with Crippen molar-refractivity contribution >= 4 is 5.91 Å². The maximum Gasteiger partial charge on any atom is 0.457 e. The van der Waals surface area contributed by atoms with E-state index in [-0.39, 0.29) is 23.8 Å². The van der Waals surface area contributed by atoms with E-state index in [0.29, 0.717) is 17.2 Å². The van der Waals surface area contributed by atoms with Crippen LogP contribution in [0.3, 0.4) is 0 Å². The third-order valence-electron chi connectivity index (χ3n) is 4.63. The van der Waals surface area contributed by atoms with E-state index in [1.807, 2.05) is 0 Å². The molecule has 34 heavy (non-hydrogen) atoms. The van der Waals surface area contributed by atoms with Gasteiger partial charge < -0.3 is 10.2 Å². The fourth-order valence-electron chi connectivity index (χ4n) is 3.15. The predicted molar refractivity (Wildman–Crippen MR) is 104 cm³/mol. The maximum atomic E-state index is 13.3. The molecule has 2 aromatic carbocycles. The van der Waals surface area contributed by atoms with Crippen LogP contribution < -0.4 is 11.1 Å². The molecule has 0 bridgehead atoms. The number of amides is 1. The van der Waals surface area contributed by atoms with Gasteiger partial charge in [0.1, 0.15) is 0 Å². The Bertz CT molecular complexity index is 1210. The van der Waals surface area contributed by atoms with Crippen LogP contribution in [0, 0.1) is 11.3 Å². The number of aromatic nitrogens is 2. The standard InChI is InChI=1S/C21H15F6N5O2/c22-20(23,24)15-8-13(5-6-14(15)10-28)16(30-21(25,26)27)9-18-31-32-19(34-18)12-3-1-11(2-4-12)7-17(29)33/h1-6,8,16,30H,7,9H2,(H2,29,33). The number of carbonyl (C=O) groups excluding carboxylic acids is 1. The molecule has 0 aliphatic carbocycles. The quantitative estimate of drug-likeness (QED) is 0.387. The van der Waals surface area contributed by atoms with Crippen molar-refractivity contribution < 1.29 is 35.6 Å². The number of nitrogens with zero attached hydrogens (tertiary/aromatic N) is 3. The summed E-state index contributed by atoms with van der Waals surface area (Å²) in [5.41, 5.74) is 3.69. The number of rotatable bonds is 7. The van der Waals surface area contributed by atoms with E-state index in [1.54, 1.807) is 12.1 Å². The zero-order valence-corrected chi connectivity index (χ0v) is 17.0. The first kappa shape index (κ1) is 24.7. The number of primary amides is 1. The number of carbonyl (C=O) groups is 1. The number of hydrogen-bond acceptors (Lipinski definition) is 6. The van der Waals surface area contributed by atoms with Gasteiger partial charge in [0.2, 0.25) is 17.7 Å². The molecule has 3 rings (SSSR count). The van der Waals surface area contributed by atoms with Crippen LogP contribution in [0.15, 0.2) is 46.9 Å². The lowest BCUT2D eigenvalue weighted by molar-refractivity contribution is -0.164. The Kier molecular flexibility index (Phi) is 6.92. The molecule has 178 valence electrons. The summed E-state index contributed by atoms with van der Waals surface area (Å²) in [5.74, 6) is -0.842. The van der Waals surface area contributed by atoms with Crippen LogP contribution in [0.2, 0.25) is 0 Å². The summed E-state index contributed by atoms with van der Waals surface area (Å²) in [5, 5.41) is 17.6. The SMILES string of the molecule is N#Cc1ccc(C(Cc2nnc(-c3ccc(CC(N)=O)cc3)o2)NC(F)(F)F)cc1C(F)(F)F. The monoisotopic (exact) mass is 483 g/mol. The molecule has 0 saturated heterocycles. The topological polar surface area (TPSA) is 118 Å². The first-order valence-corrected chi connectivity index (χ1v) is 9.51. The summed E-state index contributed by atoms with van der Waals surface area (Å²) < 4.78 is 84.5. The first-order chi connectivity index (χ1) is 15.9. The molecule has 0 radical (unpaired) electrons. The van der Waals surface area contributed by atoms with Crippen molar-refractivity contribution in [1.82, 2.24) is 15.5 Å². The van der Waals surface area contributed by atoms with Gasteiger partial charge in [-0.2, -0.15) is 31.6 Å². The number of nitriles is 1. The van der Waals surface area contributed by atoms with Gasteiger partial charge in [0.05, 0.1) is 23.6 Å². The molecule has 1 aromatic heterocycles. The predicted octanol–water partition coefficient (Wildman–Crippen LogP) is 4.05. The van der Waals surface area contributed by atoms with Crippen LogP contribution in [0.25, 0.3) is 11.5 Å². The second-order valence-corrected chi connectivity index (χ2v) is 7.15. The number of halogens is 6. The fraction of sp³-hybridized carbons (Fsp3) is 0.238. The minimum atomic E-state index is -4.94.